The Morgan fingerprint density at radius 1 is 1.02 bits per heavy atom. The smallest absolute Gasteiger partial charge is 0.255 e. The standard InChI is InChI=1S/C33H36N8O3/c1-33(2,3)22-10-8-21(9-11-22)30(43)35-25-6-4-5-23(24(25)19-42)29-38-28(39-31(34)40-29)18-20-7-12-26-27(17-20)37-32(36-26)41-13-15-44-16-14-41/h4-12,17,42H,13-16,18-19H2,1-3H3,(H,35,43)(H,36,37)(H2,34,38,39,40). The van der Waals surface area contributed by atoms with Crippen molar-refractivity contribution in [3.8, 4) is 11.4 Å². The first-order valence-electron chi connectivity index (χ1n) is 14.6. The maximum absolute atomic E-state index is 13.1. The maximum Gasteiger partial charge on any atom is 0.255 e. The van der Waals surface area contributed by atoms with Gasteiger partial charge in [-0.25, -0.2) is 9.97 Å². The quantitative estimate of drug-likeness (QED) is 0.214. The lowest BCUT2D eigenvalue weighted by Crippen LogP contribution is -2.36. The summed E-state index contributed by atoms with van der Waals surface area (Å²) in [6, 6.07) is 18.9. The molecule has 0 bridgehead atoms. The lowest BCUT2D eigenvalue weighted by molar-refractivity contribution is 0.102. The number of anilines is 3. The first kappa shape index (κ1) is 29.2. The molecular formula is C33H36N8O3. The minimum atomic E-state index is -0.336. The third-order valence-corrected chi connectivity index (χ3v) is 7.74. The molecule has 1 fully saturated rings. The van der Waals surface area contributed by atoms with Crippen LogP contribution in [0, 0.1) is 0 Å². The molecule has 0 unspecified atom stereocenters. The Bertz CT molecular complexity index is 1800. The largest absolute Gasteiger partial charge is 0.392 e. The summed E-state index contributed by atoms with van der Waals surface area (Å²) in [7, 11) is 0. The second kappa shape index (κ2) is 12.0. The van der Waals surface area contributed by atoms with E-state index in [4.69, 9.17) is 20.4 Å². The van der Waals surface area contributed by atoms with Crippen LogP contribution in [0.25, 0.3) is 22.4 Å². The van der Waals surface area contributed by atoms with Crippen molar-refractivity contribution >= 4 is 34.5 Å². The number of nitrogens with zero attached hydrogens (tertiary/aromatic N) is 5. The number of carbonyl (C=O) groups excluding carboxylic acids is 1. The van der Waals surface area contributed by atoms with Gasteiger partial charge in [0, 0.05) is 41.9 Å². The summed E-state index contributed by atoms with van der Waals surface area (Å²) in [5.41, 5.74) is 12.1. The normalized spacial score (nSPS) is 13.8. The number of hydrogen-bond donors (Lipinski definition) is 4. The van der Waals surface area contributed by atoms with Gasteiger partial charge in [0.25, 0.3) is 5.91 Å². The van der Waals surface area contributed by atoms with Crippen molar-refractivity contribution in [3.63, 3.8) is 0 Å². The lowest BCUT2D eigenvalue weighted by Gasteiger charge is -2.26. The Kier molecular flexibility index (Phi) is 7.98. The number of imidazole rings is 1. The molecule has 6 rings (SSSR count). The zero-order valence-corrected chi connectivity index (χ0v) is 25.1. The van der Waals surface area contributed by atoms with E-state index >= 15 is 0 Å². The maximum atomic E-state index is 13.1. The van der Waals surface area contributed by atoms with Gasteiger partial charge in [0.05, 0.1) is 30.9 Å². The van der Waals surface area contributed by atoms with Crippen molar-refractivity contribution in [3.05, 3.63) is 88.7 Å². The van der Waals surface area contributed by atoms with Gasteiger partial charge in [0.1, 0.15) is 5.82 Å². The van der Waals surface area contributed by atoms with Crippen LogP contribution in [0.4, 0.5) is 17.6 Å². The number of aromatic nitrogens is 5. The van der Waals surface area contributed by atoms with Gasteiger partial charge in [-0.05, 0) is 46.9 Å². The van der Waals surface area contributed by atoms with Crippen molar-refractivity contribution in [2.24, 2.45) is 0 Å². The number of nitrogen functional groups attached to an aromatic ring is 1. The third kappa shape index (κ3) is 6.24. The monoisotopic (exact) mass is 592 g/mol. The first-order chi connectivity index (χ1) is 21.2. The van der Waals surface area contributed by atoms with E-state index < -0.39 is 0 Å². The van der Waals surface area contributed by atoms with Crippen LogP contribution in [0.3, 0.4) is 0 Å². The summed E-state index contributed by atoms with van der Waals surface area (Å²) in [6.45, 7) is 9.00. The molecule has 44 heavy (non-hydrogen) atoms. The van der Waals surface area contributed by atoms with Crippen molar-refractivity contribution < 1.29 is 14.6 Å². The number of nitrogens with two attached hydrogens (primary N) is 1. The zero-order chi connectivity index (χ0) is 30.8. The highest BCUT2D eigenvalue weighted by Crippen LogP contribution is 2.29. The fourth-order valence-corrected chi connectivity index (χ4v) is 5.30. The number of carbonyl (C=O) groups is 1. The van der Waals surface area contributed by atoms with E-state index in [2.05, 4.69) is 45.9 Å². The molecule has 1 saturated heterocycles. The summed E-state index contributed by atoms with van der Waals surface area (Å²) >= 11 is 0. The summed E-state index contributed by atoms with van der Waals surface area (Å²) in [5, 5.41) is 13.3. The molecule has 0 atom stereocenters. The fourth-order valence-electron chi connectivity index (χ4n) is 5.30. The Labute approximate surface area is 255 Å². The van der Waals surface area contributed by atoms with E-state index in [1.807, 2.05) is 30.3 Å². The lowest BCUT2D eigenvalue weighted by atomic mass is 9.86. The number of hydrogen-bond acceptors (Lipinski definition) is 9. The zero-order valence-electron chi connectivity index (χ0n) is 25.1. The van der Waals surface area contributed by atoms with Crippen molar-refractivity contribution in [2.45, 2.75) is 39.2 Å². The average molecular weight is 593 g/mol. The number of benzene rings is 3. The number of rotatable bonds is 7. The Morgan fingerprint density at radius 3 is 2.52 bits per heavy atom. The van der Waals surface area contributed by atoms with Crippen molar-refractivity contribution in [2.75, 3.05) is 42.3 Å². The van der Waals surface area contributed by atoms with Crippen LogP contribution >= 0.6 is 0 Å². The van der Waals surface area contributed by atoms with Crippen LogP contribution < -0.4 is 16.0 Å². The van der Waals surface area contributed by atoms with Crippen LogP contribution in [-0.2, 0) is 23.2 Å². The van der Waals surface area contributed by atoms with E-state index in [0.29, 0.717) is 53.7 Å². The van der Waals surface area contributed by atoms with Crippen LogP contribution in [0.15, 0.2) is 60.7 Å². The van der Waals surface area contributed by atoms with E-state index in [9.17, 15) is 9.90 Å². The second-order valence-corrected chi connectivity index (χ2v) is 11.9. The minimum Gasteiger partial charge on any atom is -0.392 e. The Hall–Kier alpha value is -4.87. The number of H-pyrrole nitrogens is 1. The molecule has 0 aliphatic carbocycles. The van der Waals surface area contributed by atoms with Gasteiger partial charge < -0.3 is 30.8 Å². The molecule has 1 aliphatic rings. The molecule has 3 heterocycles. The minimum absolute atomic E-state index is 0.0168. The van der Waals surface area contributed by atoms with E-state index in [1.54, 1.807) is 30.3 Å². The van der Waals surface area contributed by atoms with Gasteiger partial charge in [0.2, 0.25) is 11.9 Å². The molecule has 0 radical (unpaired) electrons. The van der Waals surface area contributed by atoms with Gasteiger partial charge in [-0.2, -0.15) is 9.97 Å². The molecule has 226 valence electrons. The third-order valence-electron chi connectivity index (χ3n) is 7.74. The van der Waals surface area contributed by atoms with Crippen LogP contribution in [0.1, 0.15) is 53.6 Å². The summed E-state index contributed by atoms with van der Waals surface area (Å²) < 4.78 is 5.46. The predicted octanol–water partition coefficient (Wildman–Crippen LogP) is 4.47. The number of morpholine rings is 1. The summed E-state index contributed by atoms with van der Waals surface area (Å²) in [6.07, 6.45) is 0.414. The Morgan fingerprint density at radius 2 is 1.80 bits per heavy atom. The average Bonchev–Trinajstić information content (AvgIpc) is 3.44. The van der Waals surface area contributed by atoms with Gasteiger partial charge in [-0.15, -0.1) is 0 Å². The van der Waals surface area contributed by atoms with Crippen molar-refractivity contribution in [1.29, 1.82) is 0 Å². The number of aliphatic hydroxyl groups is 1. The molecular weight excluding hydrogens is 556 g/mol. The molecule has 1 aliphatic heterocycles. The fraction of sp³-hybridized carbons (Fsp3) is 0.303. The highest BCUT2D eigenvalue weighted by Gasteiger charge is 2.19. The molecule has 1 amide bonds. The highest BCUT2D eigenvalue weighted by atomic mass is 16.5. The second-order valence-electron chi connectivity index (χ2n) is 11.9. The Balaban J connectivity index is 1.24. The summed E-state index contributed by atoms with van der Waals surface area (Å²) in [4.78, 5) is 36.9. The van der Waals surface area contributed by atoms with E-state index in [1.165, 1.54) is 0 Å². The van der Waals surface area contributed by atoms with Gasteiger partial charge in [-0.3, -0.25) is 4.79 Å². The van der Waals surface area contributed by atoms with Gasteiger partial charge >= 0.3 is 0 Å². The van der Waals surface area contributed by atoms with Crippen LogP contribution in [0.2, 0.25) is 0 Å². The predicted molar refractivity (Wildman–Crippen MR) is 171 cm³/mol. The van der Waals surface area contributed by atoms with Gasteiger partial charge in [-0.1, -0.05) is 51.1 Å². The number of nitrogens with one attached hydrogen (secondary N) is 2. The SMILES string of the molecule is CC(C)(C)c1ccc(C(=O)Nc2cccc(-c3nc(N)nc(Cc4ccc5nc(N6CCOCC6)[nH]c5c4)n3)c2CO)cc1. The number of aliphatic hydroxyl groups excluding tert-OH is 1. The number of ether oxygens (including phenoxy) is 1. The van der Waals surface area contributed by atoms with Crippen molar-refractivity contribution in [1.82, 2.24) is 24.9 Å². The molecule has 2 aromatic heterocycles. The molecule has 0 spiro atoms. The molecule has 5 N–H and O–H groups in total. The molecule has 5 aromatic rings. The molecule has 11 nitrogen and oxygen atoms in total. The number of amides is 1. The van der Waals surface area contributed by atoms with E-state index in [0.717, 1.165) is 41.2 Å². The van der Waals surface area contributed by atoms with Crippen LogP contribution in [0.5, 0.6) is 0 Å². The highest BCUT2D eigenvalue weighted by molar-refractivity contribution is 6.05. The van der Waals surface area contributed by atoms with Crippen LogP contribution in [-0.4, -0.2) is 62.2 Å². The molecule has 3 aromatic carbocycles. The van der Waals surface area contributed by atoms with Gasteiger partial charge in [0.15, 0.2) is 5.82 Å². The number of aromatic amines is 1. The summed E-state index contributed by atoms with van der Waals surface area (Å²) in [5.74, 6) is 1.42. The number of fused-ring (bicyclic) bond motifs is 1. The first-order valence-corrected chi connectivity index (χ1v) is 14.6. The molecule has 11 heteroatoms. The van der Waals surface area contributed by atoms with E-state index in [-0.39, 0.29) is 23.9 Å². The topological polar surface area (TPSA) is 155 Å². The molecule has 0 saturated carbocycles.